The van der Waals surface area contributed by atoms with E-state index >= 15 is 0 Å². The maximum atomic E-state index is 13.6. The second kappa shape index (κ2) is 7.22. The molecule has 0 unspecified atom stereocenters. The Balaban J connectivity index is 1.81. The van der Waals surface area contributed by atoms with Crippen molar-refractivity contribution in [2.75, 3.05) is 10.2 Å². The molecule has 34 heavy (non-hydrogen) atoms. The van der Waals surface area contributed by atoms with Gasteiger partial charge in [-0.15, -0.1) is 0 Å². The van der Waals surface area contributed by atoms with E-state index in [2.05, 4.69) is 11.4 Å². The van der Waals surface area contributed by atoms with Crippen molar-refractivity contribution >= 4 is 23.1 Å². The number of alkyl halides is 3. The summed E-state index contributed by atoms with van der Waals surface area (Å²) in [5.41, 5.74) is 6.50. The standard InChI is InChI=1S/C25H19F3N4O2/c1-13-5-10-18-16(11-13)24(23(34)31-18)17(12-29)22(30)32(19-3-2-4-20(33)21(19)24)15-8-6-14(7-9-15)25(26,27)28/h5-11H,2-4,30H2,1H3,(H,31,34)/t24-/m0/s1. The SMILES string of the molecule is Cc1ccc2c(c1)[C@]1(C(=O)N2)C(C#N)=C(N)N(c2ccc(C(F)(F)F)cc2)C2=C1C(=O)CCC2. The second-order valence-electron chi connectivity index (χ2n) is 8.60. The minimum absolute atomic E-state index is 0.0831. The summed E-state index contributed by atoms with van der Waals surface area (Å²) in [7, 11) is 0. The number of carbonyl (C=O) groups excluding carboxylic acids is 2. The maximum absolute atomic E-state index is 13.6. The van der Waals surface area contributed by atoms with Gasteiger partial charge in [0.2, 0.25) is 5.91 Å². The van der Waals surface area contributed by atoms with Gasteiger partial charge in [-0.25, -0.2) is 0 Å². The first kappa shape index (κ1) is 21.8. The number of ketones is 1. The molecule has 0 bridgehead atoms. The quantitative estimate of drug-likeness (QED) is 0.651. The number of halogens is 3. The van der Waals surface area contributed by atoms with Crippen LogP contribution in [0.1, 0.15) is 36.0 Å². The number of allylic oxidation sites excluding steroid dienone is 1. The number of anilines is 2. The molecule has 1 amide bonds. The third kappa shape index (κ3) is 2.81. The summed E-state index contributed by atoms with van der Waals surface area (Å²) < 4.78 is 39.3. The van der Waals surface area contributed by atoms with Gasteiger partial charge < -0.3 is 11.1 Å². The van der Waals surface area contributed by atoms with Crippen LogP contribution in [0.5, 0.6) is 0 Å². The fourth-order valence-electron chi connectivity index (χ4n) is 5.20. The molecule has 2 aliphatic heterocycles. The van der Waals surface area contributed by atoms with Crippen molar-refractivity contribution in [3.05, 3.63) is 81.8 Å². The van der Waals surface area contributed by atoms with Gasteiger partial charge in [0.05, 0.1) is 11.1 Å². The molecule has 0 saturated heterocycles. The van der Waals surface area contributed by atoms with Gasteiger partial charge >= 0.3 is 6.18 Å². The number of Topliss-reactive ketones (excluding diaryl/α,β-unsaturated/α-hetero) is 1. The lowest BCUT2D eigenvalue weighted by Crippen LogP contribution is -2.50. The molecular weight excluding hydrogens is 445 g/mol. The lowest BCUT2D eigenvalue weighted by molar-refractivity contribution is -0.137. The van der Waals surface area contributed by atoms with Crippen LogP contribution in [-0.2, 0) is 21.2 Å². The molecular formula is C25H19F3N4O2. The van der Waals surface area contributed by atoms with E-state index in [1.54, 1.807) is 12.1 Å². The number of aryl methyl sites for hydroxylation is 1. The van der Waals surface area contributed by atoms with Crippen molar-refractivity contribution in [2.24, 2.45) is 5.73 Å². The number of nitrogens with one attached hydrogen (secondary N) is 1. The number of rotatable bonds is 1. The van der Waals surface area contributed by atoms with E-state index in [0.717, 1.165) is 17.7 Å². The van der Waals surface area contributed by atoms with Crippen molar-refractivity contribution in [1.82, 2.24) is 0 Å². The van der Waals surface area contributed by atoms with Crippen LogP contribution in [-0.4, -0.2) is 11.7 Å². The Hall–Kier alpha value is -4.06. The van der Waals surface area contributed by atoms with Gasteiger partial charge in [0.1, 0.15) is 17.3 Å². The van der Waals surface area contributed by atoms with E-state index in [0.29, 0.717) is 29.8 Å². The maximum Gasteiger partial charge on any atom is 0.416 e. The molecule has 6 nitrogen and oxygen atoms in total. The van der Waals surface area contributed by atoms with E-state index in [-0.39, 0.29) is 34.9 Å². The highest BCUT2D eigenvalue weighted by molar-refractivity contribution is 6.19. The number of carbonyl (C=O) groups is 2. The van der Waals surface area contributed by atoms with Crippen LogP contribution in [0.3, 0.4) is 0 Å². The fraction of sp³-hybridized carbons (Fsp3) is 0.240. The van der Waals surface area contributed by atoms with Crippen molar-refractivity contribution in [3.63, 3.8) is 0 Å². The van der Waals surface area contributed by atoms with E-state index < -0.39 is 23.1 Å². The highest BCUT2D eigenvalue weighted by Gasteiger charge is 2.60. The molecule has 2 heterocycles. The van der Waals surface area contributed by atoms with Crippen molar-refractivity contribution in [1.29, 1.82) is 5.26 Å². The molecule has 0 radical (unpaired) electrons. The number of benzene rings is 2. The van der Waals surface area contributed by atoms with Crippen LogP contribution in [0.2, 0.25) is 0 Å². The lowest BCUT2D eigenvalue weighted by atomic mass is 9.63. The summed E-state index contributed by atoms with van der Waals surface area (Å²) >= 11 is 0. The highest BCUT2D eigenvalue weighted by atomic mass is 19.4. The van der Waals surface area contributed by atoms with Crippen LogP contribution >= 0.6 is 0 Å². The minimum atomic E-state index is -4.52. The molecule has 1 spiro atoms. The third-order valence-electron chi connectivity index (χ3n) is 6.63. The van der Waals surface area contributed by atoms with E-state index in [9.17, 15) is 28.0 Å². The number of nitrogens with zero attached hydrogens (tertiary/aromatic N) is 2. The van der Waals surface area contributed by atoms with Crippen LogP contribution in [0.25, 0.3) is 0 Å². The number of nitrogens with two attached hydrogens (primary N) is 1. The van der Waals surface area contributed by atoms with Crippen LogP contribution in [0, 0.1) is 18.3 Å². The molecule has 1 aliphatic carbocycles. The minimum Gasteiger partial charge on any atom is -0.384 e. The predicted molar refractivity (Wildman–Crippen MR) is 118 cm³/mol. The van der Waals surface area contributed by atoms with Crippen LogP contribution in [0.15, 0.2) is 65.1 Å². The summed E-state index contributed by atoms with van der Waals surface area (Å²) in [5.74, 6) is -0.912. The first-order valence-electron chi connectivity index (χ1n) is 10.7. The first-order chi connectivity index (χ1) is 16.1. The summed E-state index contributed by atoms with van der Waals surface area (Å²) in [4.78, 5) is 28.4. The van der Waals surface area contributed by atoms with Gasteiger partial charge in [-0.2, -0.15) is 18.4 Å². The van der Waals surface area contributed by atoms with Gasteiger partial charge in [0.15, 0.2) is 5.78 Å². The zero-order valence-electron chi connectivity index (χ0n) is 18.1. The molecule has 2 aromatic rings. The molecule has 172 valence electrons. The number of hydrogen-bond donors (Lipinski definition) is 2. The first-order valence-corrected chi connectivity index (χ1v) is 10.7. The average molecular weight is 464 g/mol. The van der Waals surface area contributed by atoms with Gasteiger partial charge in [0.25, 0.3) is 0 Å². The Labute approximate surface area is 193 Å². The molecule has 3 aliphatic rings. The number of nitriles is 1. The van der Waals surface area contributed by atoms with Crippen LogP contribution < -0.4 is 16.0 Å². The number of amides is 1. The molecule has 1 atom stereocenters. The fourth-order valence-corrected chi connectivity index (χ4v) is 5.20. The smallest absolute Gasteiger partial charge is 0.384 e. The van der Waals surface area contributed by atoms with Gasteiger partial charge in [0, 0.05) is 34.6 Å². The molecule has 0 fully saturated rings. The Morgan fingerprint density at radius 2 is 1.82 bits per heavy atom. The molecule has 2 aromatic carbocycles. The molecule has 3 N–H and O–H groups in total. The van der Waals surface area contributed by atoms with Gasteiger partial charge in [-0.3, -0.25) is 14.5 Å². The Morgan fingerprint density at radius 3 is 2.47 bits per heavy atom. The van der Waals surface area contributed by atoms with Crippen LogP contribution in [0.4, 0.5) is 24.5 Å². The molecule has 5 rings (SSSR count). The monoisotopic (exact) mass is 464 g/mol. The van der Waals surface area contributed by atoms with Gasteiger partial charge in [-0.05, 0) is 50.1 Å². The zero-order chi connectivity index (χ0) is 24.4. The van der Waals surface area contributed by atoms with E-state index in [4.69, 9.17) is 5.73 Å². The summed E-state index contributed by atoms with van der Waals surface area (Å²) in [6.45, 7) is 1.84. The Morgan fingerprint density at radius 1 is 1.12 bits per heavy atom. The van der Waals surface area contributed by atoms with Gasteiger partial charge in [-0.1, -0.05) is 17.7 Å². The Bertz CT molecular complexity index is 1370. The zero-order valence-corrected chi connectivity index (χ0v) is 18.1. The van der Waals surface area contributed by atoms with E-state index in [1.165, 1.54) is 17.0 Å². The molecule has 0 aromatic heterocycles. The van der Waals surface area contributed by atoms with Crippen molar-refractivity contribution < 1.29 is 22.8 Å². The summed E-state index contributed by atoms with van der Waals surface area (Å²) in [6, 6.07) is 11.7. The number of fused-ring (bicyclic) bond motifs is 3. The number of hydrogen-bond acceptors (Lipinski definition) is 5. The summed E-state index contributed by atoms with van der Waals surface area (Å²) in [6.07, 6.45) is -3.47. The Kier molecular flexibility index (Phi) is 4.62. The predicted octanol–water partition coefficient (Wildman–Crippen LogP) is 4.42. The lowest BCUT2D eigenvalue weighted by Gasteiger charge is -2.43. The largest absolute Gasteiger partial charge is 0.416 e. The molecule has 0 saturated carbocycles. The van der Waals surface area contributed by atoms with Crippen molar-refractivity contribution in [2.45, 2.75) is 37.8 Å². The average Bonchev–Trinajstić information content (AvgIpc) is 3.05. The topological polar surface area (TPSA) is 99.2 Å². The van der Waals surface area contributed by atoms with E-state index in [1.807, 2.05) is 13.0 Å². The van der Waals surface area contributed by atoms with Crippen molar-refractivity contribution in [3.8, 4) is 6.07 Å². The third-order valence-corrected chi connectivity index (χ3v) is 6.63. The highest BCUT2D eigenvalue weighted by Crippen LogP contribution is 2.55. The summed E-state index contributed by atoms with van der Waals surface area (Å²) in [5, 5.41) is 13.0. The second-order valence-corrected chi connectivity index (χ2v) is 8.60. The normalized spacial score (nSPS) is 22.0. The molecule has 9 heteroatoms.